The third-order valence-corrected chi connectivity index (χ3v) is 11.0. The highest BCUT2D eigenvalue weighted by Gasteiger charge is 2.48. The number of aryl methyl sites for hydroxylation is 2. The molecule has 46 heavy (non-hydrogen) atoms. The normalized spacial score (nSPS) is 19.4. The summed E-state index contributed by atoms with van der Waals surface area (Å²) in [5.74, 6) is -0.496. The number of amides is 1. The Morgan fingerprint density at radius 1 is 1.22 bits per heavy atom. The maximum Gasteiger partial charge on any atom is 0.267 e. The molecule has 1 spiro atoms. The van der Waals surface area contributed by atoms with E-state index in [2.05, 4.69) is 25.3 Å². The summed E-state index contributed by atoms with van der Waals surface area (Å²) in [4.78, 5) is 43.6. The molecule has 2 saturated heterocycles. The van der Waals surface area contributed by atoms with Crippen LogP contribution >= 0.6 is 23.4 Å². The summed E-state index contributed by atoms with van der Waals surface area (Å²) in [6.45, 7) is 6.17. The predicted octanol–water partition coefficient (Wildman–Crippen LogP) is 3.77. The summed E-state index contributed by atoms with van der Waals surface area (Å²) in [6, 6.07) is 8.52. The van der Waals surface area contributed by atoms with Gasteiger partial charge < -0.3 is 30.4 Å². The van der Waals surface area contributed by atoms with Crippen LogP contribution in [-0.4, -0.2) is 72.0 Å². The Hall–Kier alpha value is -4.24. The number of aromatic nitrogens is 6. The largest absolute Gasteiger partial charge is 0.506 e. The van der Waals surface area contributed by atoms with Crippen LogP contribution in [0.4, 0.5) is 11.8 Å². The standard InChI is InChI=1S/C31H32ClN9O4S/c1-16-24(27-35-15-36-41(27)30(37-16)40-12-9-31(10-13-40)14-45-17(2)25(31)33)46-20-8-11-34-26(22(20)32)38-28(43)21-23(42)18-6-4-5-7-19(18)39(3)29(21)44/h4-8,11,15,17,25,42H,9-10,12-14,33H2,1-3H3,(H,34,38,43). The van der Waals surface area contributed by atoms with Crippen molar-refractivity contribution < 1.29 is 14.6 Å². The van der Waals surface area contributed by atoms with Gasteiger partial charge in [0.25, 0.3) is 11.5 Å². The minimum absolute atomic E-state index is 0.0120. The van der Waals surface area contributed by atoms with E-state index < -0.39 is 22.8 Å². The molecule has 6 heterocycles. The van der Waals surface area contributed by atoms with Crippen molar-refractivity contribution in [1.82, 2.24) is 29.1 Å². The second kappa shape index (κ2) is 11.5. The lowest BCUT2D eigenvalue weighted by Crippen LogP contribution is -2.51. The first-order valence-electron chi connectivity index (χ1n) is 14.9. The van der Waals surface area contributed by atoms with Crippen LogP contribution in [0.25, 0.3) is 16.6 Å². The maximum absolute atomic E-state index is 13.3. The number of benzene rings is 1. The van der Waals surface area contributed by atoms with Crippen LogP contribution in [0.2, 0.25) is 5.02 Å². The fraction of sp³-hybridized carbons (Fsp3) is 0.355. The molecule has 238 valence electrons. The molecule has 2 atom stereocenters. The number of nitrogens with two attached hydrogens (primary N) is 1. The number of aromatic hydroxyl groups is 1. The fourth-order valence-electron chi connectivity index (χ4n) is 6.46. The SMILES string of the molecule is Cc1nc(N2CCC3(CC2)COC(C)C3N)n2ncnc2c1Sc1ccnc(NC(=O)c2c(O)c3ccccc3n(C)c2=O)c1Cl. The average Bonchev–Trinajstić information content (AvgIpc) is 3.65. The molecule has 0 radical (unpaired) electrons. The van der Waals surface area contributed by atoms with Crippen LogP contribution in [-0.2, 0) is 11.8 Å². The van der Waals surface area contributed by atoms with Crippen LogP contribution in [0.5, 0.6) is 5.75 Å². The number of hydrogen-bond acceptors (Lipinski definition) is 11. The van der Waals surface area contributed by atoms with Crippen LogP contribution < -0.4 is 21.5 Å². The van der Waals surface area contributed by atoms with Gasteiger partial charge in [-0.05, 0) is 44.9 Å². The van der Waals surface area contributed by atoms with Crippen LogP contribution in [0, 0.1) is 12.3 Å². The van der Waals surface area contributed by atoms with Gasteiger partial charge in [-0.15, -0.1) is 0 Å². The van der Waals surface area contributed by atoms with E-state index in [0.717, 1.165) is 36.5 Å². The van der Waals surface area contributed by atoms with Crippen molar-refractivity contribution in [3.8, 4) is 5.75 Å². The number of nitrogens with zero attached hydrogens (tertiary/aromatic N) is 7. The van der Waals surface area contributed by atoms with E-state index >= 15 is 0 Å². The molecule has 5 aromatic rings. The zero-order valence-corrected chi connectivity index (χ0v) is 27.0. The number of anilines is 2. The molecule has 1 amide bonds. The van der Waals surface area contributed by atoms with Crippen molar-refractivity contribution in [2.45, 2.75) is 48.6 Å². The van der Waals surface area contributed by atoms with Gasteiger partial charge in [-0.3, -0.25) is 9.59 Å². The minimum atomic E-state index is -0.828. The second-order valence-corrected chi connectivity index (χ2v) is 13.3. The van der Waals surface area contributed by atoms with Crippen molar-refractivity contribution in [2.24, 2.45) is 18.2 Å². The van der Waals surface area contributed by atoms with Crippen molar-refractivity contribution in [3.05, 3.63) is 69.5 Å². The Morgan fingerprint density at radius 3 is 2.72 bits per heavy atom. The molecule has 0 aliphatic carbocycles. The van der Waals surface area contributed by atoms with Crippen LogP contribution in [0.3, 0.4) is 0 Å². The molecule has 2 unspecified atom stereocenters. The third kappa shape index (κ3) is 4.87. The van der Waals surface area contributed by atoms with Crippen LogP contribution in [0.1, 0.15) is 35.8 Å². The number of carbonyl (C=O) groups is 1. The highest BCUT2D eigenvalue weighted by atomic mass is 35.5. The lowest BCUT2D eigenvalue weighted by molar-refractivity contribution is 0.0973. The summed E-state index contributed by atoms with van der Waals surface area (Å²) in [5, 5.41) is 18.5. The third-order valence-electron chi connectivity index (χ3n) is 9.23. The Balaban J connectivity index is 1.15. The quantitative estimate of drug-likeness (QED) is 0.251. The van der Waals surface area contributed by atoms with Gasteiger partial charge in [-0.2, -0.15) is 9.61 Å². The van der Waals surface area contributed by atoms with Crippen molar-refractivity contribution >= 4 is 57.6 Å². The van der Waals surface area contributed by atoms with Crippen molar-refractivity contribution in [3.63, 3.8) is 0 Å². The van der Waals surface area contributed by atoms with Gasteiger partial charge in [0, 0.05) is 48.1 Å². The molecule has 2 aliphatic rings. The minimum Gasteiger partial charge on any atom is -0.506 e. The van der Waals surface area contributed by atoms with Gasteiger partial charge in [-0.25, -0.2) is 15.0 Å². The Kier molecular flexibility index (Phi) is 7.62. The first-order chi connectivity index (χ1) is 22.1. The first-order valence-corrected chi connectivity index (χ1v) is 16.1. The van der Waals surface area contributed by atoms with Gasteiger partial charge in [-0.1, -0.05) is 35.5 Å². The van der Waals surface area contributed by atoms with E-state index in [-0.39, 0.29) is 28.4 Å². The smallest absolute Gasteiger partial charge is 0.267 e. The molecular formula is C31H32ClN9O4S. The molecule has 7 rings (SSSR count). The summed E-state index contributed by atoms with van der Waals surface area (Å²) in [6.07, 6.45) is 4.85. The number of para-hydroxylation sites is 1. The second-order valence-electron chi connectivity index (χ2n) is 11.8. The zero-order valence-electron chi connectivity index (χ0n) is 25.4. The Morgan fingerprint density at radius 2 is 1.98 bits per heavy atom. The molecule has 4 N–H and O–H groups in total. The fourth-order valence-corrected chi connectivity index (χ4v) is 7.69. The highest BCUT2D eigenvalue weighted by molar-refractivity contribution is 7.99. The van der Waals surface area contributed by atoms with Gasteiger partial charge in [0.15, 0.2) is 11.5 Å². The van der Waals surface area contributed by atoms with Gasteiger partial charge in [0.2, 0.25) is 5.95 Å². The molecule has 0 bridgehead atoms. The Bertz CT molecular complexity index is 2080. The average molecular weight is 662 g/mol. The number of rotatable bonds is 5. The maximum atomic E-state index is 13.3. The first kappa shape index (κ1) is 30.4. The van der Waals surface area contributed by atoms with Crippen molar-refractivity contribution in [2.75, 3.05) is 29.9 Å². The van der Waals surface area contributed by atoms with E-state index in [1.165, 1.54) is 28.9 Å². The predicted molar refractivity (Wildman–Crippen MR) is 175 cm³/mol. The molecule has 1 aromatic carbocycles. The van der Waals surface area contributed by atoms with Crippen molar-refractivity contribution in [1.29, 1.82) is 0 Å². The number of ether oxygens (including phenoxy) is 1. The summed E-state index contributed by atoms with van der Waals surface area (Å²) >= 11 is 8.09. The van der Waals surface area contributed by atoms with E-state index in [1.54, 1.807) is 41.9 Å². The number of halogens is 1. The molecule has 2 aliphatic heterocycles. The van der Waals surface area contributed by atoms with Gasteiger partial charge in [0.05, 0.1) is 33.8 Å². The zero-order chi connectivity index (χ0) is 32.3. The van der Waals surface area contributed by atoms with Gasteiger partial charge >= 0.3 is 0 Å². The topological polar surface area (TPSA) is 166 Å². The monoisotopic (exact) mass is 661 g/mol. The van der Waals surface area contributed by atoms with E-state index in [9.17, 15) is 14.7 Å². The number of fused-ring (bicyclic) bond motifs is 2. The number of hydrogen-bond donors (Lipinski definition) is 3. The number of nitrogens with one attached hydrogen (secondary N) is 1. The van der Waals surface area contributed by atoms with Gasteiger partial charge in [0.1, 0.15) is 17.6 Å². The molecule has 0 saturated carbocycles. The lowest BCUT2D eigenvalue weighted by atomic mass is 9.73. The number of pyridine rings is 2. The molecule has 13 nitrogen and oxygen atoms in total. The molecule has 2 fully saturated rings. The van der Waals surface area contributed by atoms with Crippen LogP contribution in [0.15, 0.2) is 57.4 Å². The molecule has 4 aromatic heterocycles. The highest BCUT2D eigenvalue weighted by Crippen LogP contribution is 2.43. The number of carbonyl (C=O) groups excluding carboxylic acids is 1. The molecule has 15 heteroatoms. The number of piperidine rings is 1. The van der Waals surface area contributed by atoms with E-state index in [1.807, 2.05) is 13.8 Å². The molecular weight excluding hydrogens is 630 g/mol. The van der Waals surface area contributed by atoms with E-state index in [0.29, 0.717) is 34.0 Å². The summed E-state index contributed by atoms with van der Waals surface area (Å²) in [7, 11) is 1.54. The summed E-state index contributed by atoms with van der Waals surface area (Å²) in [5.41, 5.74) is 7.30. The van der Waals surface area contributed by atoms with E-state index in [4.69, 9.17) is 27.1 Å². The summed E-state index contributed by atoms with van der Waals surface area (Å²) < 4.78 is 8.93. The Labute approximate surface area is 272 Å². The lowest BCUT2D eigenvalue weighted by Gasteiger charge is -2.41.